The maximum absolute atomic E-state index is 13.2. The maximum Gasteiger partial charge on any atom is 0.335 e. The van der Waals surface area contributed by atoms with Crippen molar-refractivity contribution in [3.63, 3.8) is 0 Å². The quantitative estimate of drug-likeness (QED) is 0.444. The first kappa shape index (κ1) is 20.2. The van der Waals surface area contributed by atoms with E-state index >= 15 is 0 Å². The molecule has 1 fully saturated rings. The Kier molecular flexibility index (Phi) is 5.41. The number of carbonyl (C=O) groups excluding carboxylic acids is 1. The minimum atomic E-state index is -1.12. The normalized spacial score (nSPS) is 14.5. The number of rotatable bonds is 5. The Morgan fingerprint density at radius 2 is 2.00 bits per heavy atom. The highest BCUT2D eigenvalue weighted by atomic mass is 16.4. The van der Waals surface area contributed by atoms with Crippen LogP contribution < -0.4 is 16.2 Å². The molecule has 0 aliphatic carbocycles. The largest absolute Gasteiger partial charge is 0.478 e. The van der Waals surface area contributed by atoms with Gasteiger partial charge in [0.2, 0.25) is 5.91 Å². The second-order valence-electron chi connectivity index (χ2n) is 6.79. The predicted molar refractivity (Wildman–Crippen MR) is 109 cm³/mol. The Labute approximate surface area is 174 Å². The van der Waals surface area contributed by atoms with Crippen molar-refractivity contribution in [2.45, 2.75) is 0 Å². The molecule has 1 amide bonds. The average Bonchev–Trinajstić information content (AvgIpc) is 3.31. The monoisotopic (exact) mass is 425 g/mol. The summed E-state index contributed by atoms with van der Waals surface area (Å²) in [7, 11) is 0. The highest BCUT2D eigenvalue weighted by Crippen LogP contribution is 2.20. The van der Waals surface area contributed by atoms with Gasteiger partial charge in [-0.25, -0.2) is 14.9 Å². The van der Waals surface area contributed by atoms with E-state index in [1.165, 1.54) is 22.7 Å². The van der Waals surface area contributed by atoms with Gasteiger partial charge >= 0.3 is 5.97 Å². The number of piperazine rings is 1. The fourth-order valence-corrected chi connectivity index (χ4v) is 3.36. The Hall–Kier alpha value is -4.13. The SMILES string of the molecule is NCC(=O)N1CCN(c2nc3cc(C(=O)O)ccn3c(=O)c2/C=C/c2nnn[nH]2)CC1. The number of fused-ring (bicyclic) bond motifs is 1. The van der Waals surface area contributed by atoms with Crippen LogP contribution in [-0.4, -0.2) is 84.6 Å². The fraction of sp³-hybridized carbons (Fsp3) is 0.278. The summed E-state index contributed by atoms with van der Waals surface area (Å²) < 4.78 is 1.28. The number of hydrogen-bond donors (Lipinski definition) is 3. The van der Waals surface area contributed by atoms with Crippen LogP contribution in [0.5, 0.6) is 0 Å². The van der Waals surface area contributed by atoms with Crippen molar-refractivity contribution in [3.05, 3.63) is 45.6 Å². The van der Waals surface area contributed by atoms with E-state index in [4.69, 9.17) is 5.73 Å². The summed E-state index contributed by atoms with van der Waals surface area (Å²) in [5.41, 5.74) is 5.58. The number of anilines is 1. The van der Waals surface area contributed by atoms with Crippen LogP contribution >= 0.6 is 0 Å². The summed E-state index contributed by atoms with van der Waals surface area (Å²) in [6, 6.07) is 2.68. The van der Waals surface area contributed by atoms with Gasteiger partial charge in [0.05, 0.1) is 17.7 Å². The van der Waals surface area contributed by atoms with E-state index in [0.29, 0.717) is 37.8 Å². The summed E-state index contributed by atoms with van der Waals surface area (Å²) in [6.07, 6.45) is 4.49. The molecular formula is C18H19N9O4. The summed E-state index contributed by atoms with van der Waals surface area (Å²) in [5.74, 6) is -0.518. The van der Waals surface area contributed by atoms with Crippen LogP contribution in [0.25, 0.3) is 17.8 Å². The Morgan fingerprint density at radius 3 is 2.65 bits per heavy atom. The molecule has 3 aromatic rings. The molecule has 3 aromatic heterocycles. The molecule has 0 aromatic carbocycles. The lowest BCUT2D eigenvalue weighted by Gasteiger charge is -2.35. The number of H-pyrrole nitrogens is 1. The highest BCUT2D eigenvalue weighted by molar-refractivity contribution is 5.89. The number of carboxylic acids is 1. The number of aromatic carboxylic acids is 1. The molecule has 0 unspecified atom stereocenters. The Morgan fingerprint density at radius 1 is 1.23 bits per heavy atom. The second-order valence-corrected chi connectivity index (χ2v) is 6.79. The molecular weight excluding hydrogens is 406 g/mol. The third-order valence-electron chi connectivity index (χ3n) is 4.97. The third kappa shape index (κ3) is 3.98. The Balaban J connectivity index is 1.78. The zero-order valence-electron chi connectivity index (χ0n) is 16.3. The van der Waals surface area contributed by atoms with Crippen molar-refractivity contribution in [2.75, 3.05) is 37.6 Å². The van der Waals surface area contributed by atoms with Crippen molar-refractivity contribution >= 4 is 35.5 Å². The van der Waals surface area contributed by atoms with Crippen LogP contribution in [0, 0.1) is 0 Å². The van der Waals surface area contributed by atoms with Gasteiger partial charge in [-0.1, -0.05) is 0 Å². The van der Waals surface area contributed by atoms with Crippen LogP contribution in [0.3, 0.4) is 0 Å². The van der Waals surface area contributed by atoms with Gasteiger partial charge in [-0.3, -0.25) is 14.0 Å². The molecule has 1 aliphatic heterocycles. The van der Waals surface area contributed by atoms with E-state index in [1.807, 2.05) is 4.90 Å². The molecule has 4 rings (SSSR count). The van der Waals surface area contributed by atoms with Gasteiger partial charge in [0, 0.05) is 32.4 Å². The number of carbonyl (C=O) groups is 2. The first-order valence-electron chi connectivity index (χ1n) is 9.42. The number of tetrazole rings is 1. The fourth-order valence-electron chi connectivity index (χ4n) is 3.36. The number of hydrogen-bond acceptors (Lipinski definition) is 9. The first-order valence-corrected chi connectivity index (χ1v) is 9.42. The molecule has 4 N–H and O–H groups in total. The van der Waals surface area contributed by atoms with Crippen molar-refractivity contribution in [1.82, 2.24) is 34.9 Å². The maximum atomic E-state index is 13.2. The summed E-state index contributed by atoms with van der Waals surface area (Å²) in [6.45, 7) is 1.69. The van der Waals surface area contributed by atoms with Gasteiger partial charge in [-0.2, -0.15) is 0 Å². The van der Waals surface area contributed by atoms with Crippen LogP contribution in [0.2, 0.25) is 0 Å². The topological polar surface area (TPSA) is 176 Å². The second kappa shape index (κ2) is 8.31. The first-order chi connectivity index (χ1) is 15.0. The zero-order chi connectivity index (χ0) is 22.0. The minimum absolute atomic E-state index is 0.0206. The standard InChI is InChI=1S/C18H19N9O4/c19-10-15(28)25-5-7-26(8-6-25)16-12(1-2-13-21-23-24-22-13)17(29)27-4-3-11(18(30)31)9-14(27)20-16/h1-4,9H,5-8,10,19H2,(H,30,31)(H,21,22,23,24)/b2-1+. The molecule has 160 valence electrons. The molecule has 1 saturated heterocycles. The molecule has 13 heteroatoms. The molecule has 4 heterocycles. The lowest BCUT2D eigenvalue weighted by Crippen LogP contribution is -2.51. The van der Waals surface area contributed by atoms with Crippen molar-refractivity contribution in [2.24, 2.45) is 5.73 Å². The molecule has 31 heavy (non-hydrogen) atoms. The molecule has 0 radical (unpaired) electrons. The van der Waals surface area contributed by atoms with E-state index < -0.39 is 5.97 Å². The van der Waals surface area contributed by atoms with E-state index in [-0.39, 0.29) is 34.8 Å². The number of nitrogens with one attached hydrogen (secondary N) is 1. The van der Waals surface area contributed by atoms with Crippen LogP contribution in [0.15, 0.2) is 23.1 Å². The van der Waals surface area contributed by atoms with Gasteiger partial charge in [-0.05, 0) is 34.7 Å². The van der Waals surface area contributed by atoms with E-state index in [1.54, 1.807) is 17.1 Å². The molecule has 1 aliphatic rings. The van der Waals surface area contributed by atoms with Gasteiger partial charge in [0.15, 0.2) is 5.82 Å². The number of nitrogens with two attached hydrogens (primary N) is 1. The molecule has 0 saturated carbocycles. The number of nitrogens with zero attached hydrogens (tertiary/aromatic N) is 7. The van der Waals surface area contributed by atoms with Gasteiger partial charge in [-0.15, -0.1) is 5.10 Å². The summed E-state index contributed by atoms with van der Waals surface area (Å²) in [5, 5.41) is 22.6. The zero-order valence-corrected chi connectivity index (χ0v) is 16.3. The van der Waals surface area contributed by atoms with Gasteiger partial charge in [0.25, 0.3) is 5.56 Å². The number of aromatic amines is 1. The Bertz CT molecular complexity index is 1210. The summed E-state index contributed by atoms with van der Waals surface area (Å²) in [4.78, 5) is 44.5. The van der Waals surface area contributed by atoms with Crippen LogP contribution in [0.4, 0.5) is 5.82 Å². The van der Waals surface area contributed by atoms with Gasteiger partial charge < -0.3 is 20.6 Å². The van der Waals surface area contributed by atoms with E-state index in [9.17, 15) is 19.5 Å². The van der Waals surface area contributed by atoms with Crippen molar-refractivity contribution < 1.29 is 14.7 Å². The van der Waals surface area contributed by atoms with Gasteiger partial charge in [0.1, 0.15) is 11.5 Å². The molecule has 0 spiro atoms. The number of carboxylic acid groups (broad SMARTS) is 1. The average molecular weight is 425 g/mol. The van der Waals surface area contributed by atoms with Crippen LogP contribution in [-0.2, 0) is 4.79 Å². The summed E-state index contributed by atoms with van der Waals surface area (Å²) >= 11 is 0. The number of pyridine rings is 1. The number of amides is 1. The third-order valence-corrected chi connectivity index (χ3v) is 4.97. The molecule has 0 atom stereocenters. The number of aromatic nitrogens is 6. The van der Waals surface area contributed by atoms with Crippen LogP contribution in [0.1, 0.15) is 21.7 Å². The van der Waals surface area contributed by atoms with Crippen molar-refractivity contribution in [1.29, 1.82) is 0 Å². The predicted octanol–water partition coefficient (Wildman–Crippen LogP) is -1.32. The highest BCUT2D eigenvalue weighted by Gasteiger charge is 2.24. The van der Waals surface area contributed by atoms with E-state index in [0.717, 1.165) is 0 Å². The lowest BCUT2D eigenvalue weighted by atomic mass is 10.2. The smallest absolute Gasteiger partial charge is 0.335 e. The molecule has 0 bridgehead atoms. The van der Waals surface area contributed by atoms with Crippen molar-refractivity contribution in [3.8, 4) is 0 Å². The molecule has 13 nitrogen and oxygen atoms in total. The minimum Gasteiger partial charge on any atom is -0.478 e. The van der Waals surface area contributed by atoms with E-state index in [2.05, 4.69) is 25.6 Å². The lowest BCUT2D eigenvalue weighted by molar-refractivity contribution is -0.129.